The molecule has 4 heteroatoms. The first-order valence-corrected chi connectivity index (χ1v) is 5.85. The zero-order valence-electron chi connectivity index (χ0n) is 9.91. The summed E-state index contributed by atoms with van der Waals surface area (Å²) in [6, 6.07) is -0.444. The summed E-state index contributed by atoms with van der Waals surface area (Å²) < 4.78 is 0. The minimum Gasteiger partial charge on any atom is -0.351 e. The highest BCUT2D eigenvalue weighted by Crippen LogP contribution is 2.07. The Balaban J connectivity index is 2.24. The van der Waals surface area contributed by atoms with E-state index in [1.807, 2.05) is 6.92 Å². The van der Waals surface area contributed by atoms with E-state index in [0.29, 0.717) is 6.42 Å². The van der Waals surface area contributed by atoms with Crippen molar-refractivity contribution in [3.05, 3.63) is 0 Å². The highest BCUT2D eigenvalue weighted by Gasteiger charge is 2.18. The number of hydrogen-bond donors (Lipinski definition) is 2. The van der Waals surface area contributed by atoms with E-state index in [0.717, 1.165) is 19.6 Å². The summed E-state index contributed by atoms with van der Waals surface area (Å²) in [4.78, 5) is 13.9. The number of carbonyl (C=O) groups is 1. The van der Waals surface area contributed by atoms with Gasteiger partial charge in [0.25, 0.3) is 0 Å². The van der Waals surface area contributed by atoms with Gasteiger partial charge >= 0.3 is 0 Å². The smallest absolute Gasteiger partial charge is 0.238 e. The van der Waals surface area contributed by atoms with Gasteiger partial charge in [0.1, 0.15) is 0 Å². The lowest BCUT2D eigenvalue weighted by Gasteiger charge is -2.22. The molecule has 0 bridgehead atoms. The van der Waals surface area contributed by atoms with E-state index in [2.05, 4.69) is 16.1 Å². The molecule has 0 aromatic heterocycles. The molecule has 0 aliphatic carbocycles. The van der Waals surface area contributed by atoms with Crippen LogP contribution in [0, 0.1) is 12.3 Å². The third-order valence-corrected chi connectivity index (χ3v) is 2.79. The fourth-order valence-electron chi connectivity index (χ4n) is 1.97. The first-order valence-electron chi connectivity index (χ1n) is 5.85. The maximum Gasteiger partial charge on any atom is 0.238 e. The van der Waals surface area contributed by atoms with Crippen LogP contribution in [-0.2, 0) is 4.79 Å². The van der Waals surface area contributed by atoms with E-state index in [9.17, 15) is 4.79 Å². The molecule has 2 unspecified atom stereocenters. The third-order valence-electron chi connectivity index (χ3n) is 2.79. The lowest BCUT2D eigenvalue weighted by molar-refractivity contribution is -0.122. The van der Waals surface area contributed by atoms with Gasteiger partial charge in [-0.2, -0.15) is 0 Å². The summed E-state index contributed by atoms with van der Waals surface area (Å²) >= 11 is 0. The maximum absolute atomic E-state index is 11.6. The van der Waals surface area contributed by atoms with Gasteiger partial charge in [-0.3, -0.25) is 4.79 Å². The topological polar surface area (TPSA) is 58.4 Å². The molecule has 1 aliphatic heterocycles. The Kier molecular flexibility index (Phi) is 5.30. The summed E-state index contributed by atoms with van der Waals surface area (Å²) in [6.07, 6.45) is 7.93. The van der Waals surface area contributed by atoms with Crippen LogP contribution in [0.4, 0.5) is 0 Å². The van der Waals surface area contributed by atoms with Crippen molar-refractivity contribution in [1.82, 2.24) is 10.2 Å². The van der Waals surface area contributed by atoms with Crippen LogP contribution >= 0.6 is 0 Å². The van der Waals surface area contributed by atoms with Crippen molar-refractivity contribution in [3.8, 4) is 12.3 Å². The van der Waals surface area contributed by atoms with Crippen molar-refractivity contribution < 1.29 is 4.79 Å². The number of amides is 1. The van der Waals surface area contributed by atoms with E-state index < -0.39 is 6.04 Å². The second-order valence-corrected chi connectivity index (χ2v) is 4.43. The molecule has 3 N–H and O–H groups in total. The molecule has 1 heterocycles. The molecule has 4 nitrogen and oxygen atoms in total. The SMILES string of the molecule is C#CCC(N)C(=O)NC(C)CN1CCCC1. The maximum atomic E-state index is 11.6. The number of carbonyl (C=O) groups excluding carboxylic acids is 1. The molecule has 2 atom stereocenters. The summed E-state index contributed by atoms with van der Waals surface area (Å²) in [5.41, 5.74) is 5.62. The fraction of sp³-hybridized carbons (Fsp3) is 0.750. The summed E-state index contributed by atoms with van der Waals surface area (Å²) in [5, 5.41) is 2.89. The van der Waals surface area contributed by atoms with Gasteiger partial charge in [-0.05, 0) is 32.9 Å². The van der Waals surface area contributed by atoms with Gasteiger partial charge in [-0.1, -0.05) is 0 Å². The van der Waals surface area contributed by atoms with E-state index in [-0.39, 0.29) is 11.9 Å². The molecule has 0 spiro atoms. The molecule has 90 valence electrons. The molecule has 1 fully saturated rings. The Bertz CT molecular complexity index is 266. The lowest BCUT2D eigenvalue weighted by Crippen LogP contribution is -2.47. The Morgan fingerprint density at radius 1 is 1.56 bits per heavy atom. The van der Waals surface area contributed by atoms with Crippen LogP contribution in [0.5, 0.6) is 0 Å². The Labute approximate surface area is 97.6 Å². The predicted octanol–water partition coefficient (Wildman–Crippen LogP) is -0.0625. The first-order chi connectivity index (χ1) is 7.63. The molecule has 16 heavy (non-hydrogen) atoms. The van der Waals surface area contributed by atoms with Crippen LogP contribution in [0.25, 0.3) is 0 Å². The molecule has 0 aromatic rings. The van der Waals surface area contributed by atoms with Gasteiger partial charge in [-0.25, -0.2) is 0 Å². The summed E-state index contributed by atoms with van der Waals surface area (Å²) in [7, 11) is 0. The zero-order valence-corrected chi connectivity index (χ0v) is 9.91. The number of terminal acetylenes is 1. The predicted molar refractivity (Wildman–Crippen MR) is 64.7 cm³/mol. The molecular weight excluding hydrogens is 202 g/mol. The van der Waals surface area contributed by atoms with Gasteiger partial charge in [0, 0.05) is 19.0 Å². The lowest BCUT2D eigenvalue weighted by atomic mass is 10.2. The Hall–Kier alpha value is -1.05. The van der Waals surface area contributed by atoms with Crippen LogP contribution in [0.3, 0.4) is 0 Å². The van der Waals surface area contributed by atoms with Crippen LogP contribution in [0.2, 0.25) is 0 Å². The van der Waals surface area contributed by atoms with Gasteiger partial charge in [0.2, 0.25) is 5.91 Å². The van der Waals surface area contributed by atoms with Crippen molar-refractivity contribution in [2.45, 2.75) is 38.3 Å². The Morgan fingerprint density at radius 2 is 2.19 bits per heavy atom. The molecule has 1 amide bonds. The van der Waals surface area contributed by atoms with Crippen molar-refractivity contribution in [2.75, 3.05) is 19.6 Å². The summed E-state index contributed by atoms with van der Waals surface area (Å²) in [6.45, 7) is 5.17. The largest absolute Gasteiger partial charge is 0.351 e. The normalized spacial score (nSPS) is 20.1. The van der Waals surface area contributed by atoms with E-state index >= 15 is 0 Å². The van der Waals surface area contributed by atoms with Gasteiger partial charge in [-0.15, -0.1) is 12.3 Å². The average molecular weight is 223 g/mol. The second kappa shape index (κ2) is 6.51. The number of likely N-dealkylation sites (tertiary alicyclic amines) is 1. The van der Waals surface area contributed by atoms with Gasteiger partial charge in [0.15, 0.2) is 0 Å². The minimum atomic E-state index is -0.578. The van der Waals surface area contributed by atoms with E-state index in [4.69, 9.17) is 12.2 Å². The highest BCUT2D eigenvalue weighted by atomic mass is 16.2. The quantitative estimate of drug-likeness (QED) is 0.642. The van der Waals surface area contributed by atoms with Crippen molar-refractivity contribution in [1.29, 1.82) is 0 Å². The molecule has 1 saturated heterocycles. The van der Waals surface area contributed by atoms with Crippen LogP contribution in [0.1, 0.15) is 26.2 Å². The number of nitrogens with one attached hydrogen (secondary N) is 1. The van der Waals surface area contributed by atoms with E-state index in [1.165, 1.54) is 12.8 Å². The first kappa shape index (κ1) is 13.0. The van der Waals surface area contributed by atoms with Crippen molar-refractivity contribution >= 4 is 5.91 Å². The van der Waals surface area contributed by atoms with Crippen molar-refractivity contribution in [2.24, 2.45) is 5.73 Å². The second-order valence-electron chi connectivity index (χ2n) is 4.43. The molecule has 0 radical (unpaired) electrons. The van der Waals surface area contributed by atoms with Gasteiger partial charge in [0.05, 0.1) is 6.04 Å². The summed E-state index contributed by atoms with van der Waals surface area (Å²) in [5.74, 6) is 2.25. The minimum absolute atomic E-state index is 0.134. The van der Waals surface area contributed by atoms with Crippen LogP contribution in [-0.4, -0.2) is 42.5 Å². The van der Waals surface area contributed by atoms with Crippen LogP contribution in [0.15, 0.2) is 0 Å². The molecular formula is C12H21N3O. The zero-order chi connectivity index (χ0) is 12.0. The van der Waals surface area contributed by atoms with Gasteiger partial charge < -0.3 is 16.0 Å². The molecule has 1 aliphatic rings. The highest BCUT2D eigenvalue weighted by molar-refractivity contribution is 5.82. The monoisotopic (exact) mass is 223 g/mol. The molecule has 1 rings (SSSR count). The molecule has 0 saturated carbocycles. The standard InChI is InChI=1S/C12H21N3O/c1-3-6-11(13)12(16)14-10(2)9-15-7-4-5-8-15/h1,10-11H,4-9,13H2,2H3,(H,14,16). The molecule has 0 aromatic carbocycles. The van der Waals surface area contributed by atoms with Crippen molar-refractivity contribution in [3.63, 3.8) is 0 Å². The number of hydrogen-bond acceptors (Lipinski definition) is 3. The van der Waals surface area contributed by atoms with E-state index in [1.54, 1.807) is 0 Å². The van der Waals surface area contributed by atoms with Crippen LogP contribution < -0.4 is 11.1 Å². The fourth-order valence-corrected chi connectivity index (χ4v) is 1.97. The Morgan fingerprint density at radius 3 is 2.75 bits per heavy atom. The third kappa shape index (κ3) is 4.21. The number of rotatable bonds is 5. The number of nitrogens with zero attached hydrogens (tertiary/aromatic N) is 1. The number of nitrogens with two attached hydrogens (primary N) is 1. The average Bonchev–Trinajstić information content (AvgIpc) is 2.70.